The Balaban J connectivity index is 2.32. The second-order valence-electron chi connectivity index (χ2n) is 4.88. The number of carbonyl (C=O) groups is 1. The van der Waals surface area contributed by atoms with Crippen molar-refractivity contribution in [2.24, 2.45) is 0 Å². The van der Waals surface area contributed by atoms with Crippen LogP contribution in [0, 0.1) is 0 Å². The Labute approximate surface area is 115 Å². The lowest BCUT2D eigenvalue weighted by atomic mass is 10.0. The van der Waals surface area contributed by atoms with Gasteiger partial charge in [-0.2, -0.15) is 13.2 Å². The molecule has 0 saturated carbocycles. The van der Waals surface area contributed by atoms with Crippen molar-refractivity contribution in [1.82, 2.24) is 0 Å². The summed E-state index contributed by atoms with van der Waals surface area (Å²) in [6.45, 7) is 2.43. The van der Waals surface area contributed by atoms with Crippen LogP contribution in [0.25, 0.3) is 0 Å². The highest BCUT2D eigenvalue weighted by Gasteiger charge is 2.39. The molecule has 3 nitrogen and oxygen atoms in total. The van der Waals surface area contributed by atoms with Gasteiger partial charge >= 0.3 is 12.1 Å². The molecule has 0 radical (unpaired) electrons. The third kappa shape index (κ3) is 2.73. The molecule has 1 atom stereocenters. The van der Waals surface area contributed by atoms with E-state index >= 15 is 0 Å². The zero-order valence-electron chi connectivity index (χ0n) is 11.1. The first kappa shape index (κ1) is 14.7. The summed E-state index contributed by atoms with van der Waals surface area (Å²) in [7, 11) is 0. The first-order valence-electron chi connectivity index (χ1n) is 6.52. The number of nitrogens with zero attached hydrogens (tertiary/aromatic N) is 1. The minimum absolute atomic E-state index is 0.0312. The van der Waals surface area contributed by atoms with Crippen LogP contribution in [0.15, 0.2) is 18.2 Å². The third-order valence-electron chi connectivity index (χ3n) is 3.68. The summed E-state index contributed by atoms with van der Waals surface area (Å²) in [6.07, 6.45) is -3.79. The lowest BCUT2D eigenvalue weighted by Gasteiger charge is -2.25. The van der Waals surface area contributed by atoms with E-state index in [9.17, 15) is 18.0 Å². The van der Waals surface area contributed by atoms with Crippen LogP contribution >= 0.6 is 0 Å². The van der Waals surface area contributed by atoms with Gasteiger partial charge in [0.25, 0.3) is 0 Å². The number of carboxylic acid groups (broad SMARTS) is 1. The molecule has 1 N–H and O–H groups in total. The van der Waals surface area contributed by atoms with Gasteiger partial charge in [-0.25, -0.2) is 0 Å². The van der Waals surface area contributed by atoms with Gasteiger partial charge < -0.3 is 10.0 Å². The highest BCUT2D eigenvalue weighted by molar-refractivity contribution is 5.67. The summed E-state index contributed by atoms with van der Waals surface area (Å²) >= 11 is 0. The van der Waals surface area contributed by atoms with Crippen molar-refractivity contribution >= 4 is 11.7 Å². The average Bonchev–Trinajstić information content (AvgIpc) is 2.72. The Morgan fingerprint density at radius 3 is 2.70 bits per heavy atom. The minimum atomic E-state index is -4.37. The van der Waals surface area contributed by atoms with Crippen molar-refractivity contribution in [1.29, 1.82) is 0 Å². The first-order valence-corrected chi connectivity index (χ1v) is 6.52. The monoisotopic (exact) mass is 287 g/mol. The zero-order valence-corrected chi connectivity index (χ0v) is 11.1. The molecule has 1 heterocycles. The summed E-state index contributed by atoms with van der Waals surface area (Å²) < 4.78 is 39.0. The molecule has 0 fully saturated rings. The molecule has 0 spiro atoms. The lowest BCUT2D eigenvalue weighted by molar-refractivity contribution is -0.138. The van der Waals surface area contributed by atoms with E-state index in [4.69, 9.17) is 5.11 Å². The molecule has 1 aromatic rings. The standard InChI is InChI=1S/C14H16F3NO2/c1-2-18-9(6-7-13(19)20)8-10-11(14(15,16)17)4-3-5-12(10)18/h3-5,9H,2,6-8H2,1H3,(H,19,20). The summed E-state index contributed by atoms with van der Waals surface area (Å²) in [5, 5.41) is 8.74. The second-order valence-corrected chi connectivity index (χ2v) is 4.88. The number of carboxylic acids is 1. The van der Waals surface area contributed by atoms with E-state index < -0.39 is 17.7 Å². The Hall–Kier alpha value is -1.72. The van der Waals surface area contributed by atoms with Crippen molar-refractivity contribution in [2.45, 2.75) is 38.4 Å². The molecule has 0 aliphatic carbocycles. The molecule has 1 unspecified atom stereocenters. The van der Waals surface area contributed by atoms with Crippen molar-refractivity contribution in [3.8, 4) is 0 Å². The van der Waals surface area contributed by atoms with E-state index in [0.29, 0.717) is 18.7 Å². The Kier molecular flexibility index (Phi) is 3.92. The van der Waals surface area contributed by atoms with Crippen LogP contribution in [-0.4, -0.2) is 23.7 Å². The predicted molar refractivity (Wildman–Crippen MR) is 68.8 cm³/mol. The molecule has 1 aliphatic heterocycles. The third-order valence-corrected chi connectivity index (χ3v) is 3.68. The van der Waals surface area contributed by atoms with E-state index in [0.717, 1.165) is 6.07 Å². The van der Waals surface area contributed by atoms with Crippen LogP contribution in [0.5, 0.6) is 0 Å². The number of halogens is 3. The summed E-state index contributed by atoms with van der Waals surface area (Å²) in [4.78, 5) is 12.5. The van der Waals surface area contributed by atoms with Gasteiger partial charge in [0, 0.05) is 24.7 Å². The zero-order chi connectivity index (χ0) is 14.9. The normalized spacial score (nSPS) is 18.2. The molecule has 1 aromatic carbocycles. The molecule has 0 bridgehead atoms. The van der Waals surface area contributed by atoms with Crippen molar-refractivity contribution in [2.75, 3.05) is 11.4 Å². The van der Waals surface area contributed by atoms with Crippen molar-refractivity contribution < 1.29 is 23.1 Å². The van der Waals surface area contributed by atoms with Crippen LogP contribution in [0.3, 0.4) is 0 Å². The molecule has 0 aromatic heterocycles. The summed E-state index contributed by atoms with van der Waals surface area (Å²) in [5.74, 6) is -0.923. The minimum Gasteiger partial charge on any atom is -0.481 e. The Morgan fingerprint density at radius 1 is 1.45 bits per heavy atom. The number of aliphatic carboxylic acids is 1. The van der Waals surface area contributed by atoms with Gasteiger partial charge in [0.2, 0.25) is 0 Å². The number of rotatable bonds is 4. The molecule has 110 valence electrons. The van der Waals surface area contributed by atoms with E-state index in [2.05, 4.69) is 0 Å². The smallest absolute Gasteiger partial charge is 0.416 e. The highest BCUT2D eigenvalue weighted by Crippen LogP contribution is 2.42. The number of likely N-dealkylation sites (N-methyl/N-ethyl adjacent to an activating group) is 1. The summed E-state index contributed by atoms with van der Waals surface area (Å²) in [6, 6.07) is 4.00. The van der Waals surface area contributed by atoms with Crippen LogP contribution in [0.4, 0.5) is 18.9 Å². The fraction of sp³-hybridized carbons (Fsp3) is 0.500. The number of anilines is 1. The van der Waals surface area contributed by atoms with Gasteiger partial charge in [0.1, 0.15) is 0 Å². The van der Waals surface area contributed by atoms with Gasteiger partial charge in [-0.15, -0.1) is 0 Å². The largest absolute Gasteiger partial charge is 0.481 e. The molecule has 1 aliphatic rings. The Morgan fingerprint density at radius 2 is 2.15 bits per heavy atom. The second kappa shape index (κ2) is 5.34. The van der Waals surface area contributed by atoms with Gasteiger partial charge in [-0.1, -0.05) is 6.07 Å². The quantitative estimate of drug-likeness (QED) is 0.923. The average molecular weight is 287 g/mol. The van der Waals surface area contributed by atoms with Crippen LogP contribution in [0.2, 0.25) is 0 Å². The maximum absolute atomic E-state index is 13.0. The lowest BCUT2D eigenvalue weighted by Crippen LogP contribution is -2.32. The van der Waals surface area contributed by atoms with Crippen LogP contribution in [-0.2, 0) is 17.4 Å². The van der Waals surface area contributed by atoms with Crippen molar-refractivity contribution in [3.05, 3.63) is 29.3 Å². The van der Waals surface area contributed by atoms with Gasteiger partial charge in [0.15, 0.2) is 0 Å². The SMILES string of the molecule is CCN1c2cccc(C(F)(F)F)c2CC1CCC(=O)O. The molecular formula is C14H16F3NO2. The maximum Gasteiger partial charge on any atom is 0.416 e. The van der Waals surface area contributed by atoms with E-state index in [1.807, 2.05) is 11.8 Å². The molecule has 2 rings (SSSR count). The van der Waals surface area contributed by atoms with Crippen LogP contribution in [0.1, 0.15) is 30.9 Å². The highest BCUT2D eigenvalue weighted by atomic mass is 19.4. The number of alkyl halides is 3. The van der Waals surface area contributed by atoms with Crippen LogP contribution < -0.4 is 4.90 Å². The van der Waals surface area contributed by atoms with Gasteiger partial charge in [-0.05, 0) is 37.5 Å². The molecule has 20 heavy (non-hydrogen) atoms. The van der Waals surface area contributed by atoms with E-state index in [-0.39, 0.29) is 24.4 Å². The first-order chi connectivity index (χ1) is 9.34. The number of fused-ring (bicyclic) bond motifs is 1. The number of hydrogen-bond acceptors (Lipinski definition) is 2. The van der Waals surface area contributed by atoms with Gasteiger partial charge in [0.05, 0.1) is 5.56 Å². The fourth-order valence-electron chi connectivity index (χ4n) is 2.84. The Bertz CT molecular complexity index is 514. The van der Waals surface area contributed by atoms with E-state index in [1.165, 1.54) is 6.07 Å². The predicted octanol–water partition coefficient (Wildman–Crippen LogP) is 3.32. The molecule has 0 saturated heterocycles. The maximum atomic E-state index is 13.0. The molecule has 6 heteroatoms. The summed E-state index contributed by atoms with van der Waals surface area (Å²) in [5.41, 5.74) is 0.265. The van der Waals surface area contributed by atoms with Gasteiger partial charge in [-0.3, -0.25) is 4.79 Å². The molecular weight excluding hydrogens is 271 g/mol. The number of hydrogen-bond donors (Lipinski definition) is 1. The van der Waals surface area contributed by atoms with Crippen molar-refractivity contribution in [3.63, 3.8) is 0 Å². The molecule has 0 amide bonds. The fourth-order valence-corrected chi connectivity index (χ4v) is 2.84. The van der Waals surface area contributed by atoms with E-state index in [1.54, 1.807) is 6.07 Å². The topological polar surface area (TPSA) is 40.5 Å². The number of benzene rings is 1.